The Morgan fingerprint density at radius 1 is 1.40 bits per heavy atom. The first-order valence-electron chi connectivity index (χ1n) is 8.50. The highest BCUT2D eigenvalue weighted by atomic mass is 16.5. The number of carbonyl (C=O) groups is 1. The second-order valence-corrected chi connectivity index (χ2v) is 6.58. The summed E-state index contributed by atoms with van der Waals surface area (Å²) in [6, 6.07) is 7.70. The first-order chi connectivity index (χ1) is 12.0. The molecular formula is C18H25N5O2. The Labute approximate surface area is 148 Å². The zero-order valence-corrected chi connectivity index (χ0v) is 15.3. The number of carbonyl (C=O) groups excluding carboxylic acids is 1. The summed E-state index contributed by atoms with van der Waals surface area (Å²) in [6.45, 7) is 1.36. The molecule has 1 aliphatic rings. The highest BCUT2D eigenvalue weighted by molar-refractivity contribution is 5.95. The Hall–Kier alpha value is -2.41. The molecule has 7 nitrogen and oxygen atoms in total. The summed E-state index contributed by atoms with van der Waals surface area (Å²) in [5.41, 5.74) is 1.51. The number of hydrogen-bond acceptors (Lipinski definition) is 5. The van der Waals surface area contributed by atoms with Crippen LogP contribution in [0.2, 0.25) is 0 Å². The molecule has 25 heavy (non-hydrogen) atoms. The van der Waals surface area contributed by atoms with Crippen LogP contribution in [0.1, 0.15) is 23.2 Å². The van der Waals surface area contributed by atoms with Crippen molar-refractivity contribution < 1.29 is 9.53 Å². The number of nitrogens with zero attached hydrogens (tertiary/aromatic N) is 5. The second kappa shape index (κ2) is 7.23. The van der Waals surface area contributed by atoms with Crippen LogP contribution < -0.4 is 4.90 Å². The van der Waals surface area contributed by atoms with E-state index in [-0.39, 0.29) is 11.9 Å². The molecule has 134 valence electrons. The van der Waals surface area contributed by atoms with E-state index in [9.17, 15) is 4.79 Å². The number of likely N-dealkylation sites (tertiary alicyclic amines) is 1. The van der Waals surface area contributed by atoms with E-state index in [0.717, 1.165) is 30.9 Å². The summed E-state index contributed by atoms with van der Waals surface area (Å²) in [5, 5.41) is 4.46. The molecule has 0 N–H and O–H groups in total. The van der Waals surface area contributed by atoms with E-state index in [1.165, 1.54) is 0 Å². The fourth-order valence-electron chi connectivity index (χ4n) is 3.31. The van der Waals surface area contributed by atoms with Crippen LogP contribution in [0, 0.1) is 0 Å². The van der Waals surface area contributed by atoms with Crippen molar-refractivity contribution in [3.8, 4) is 11.4 Å². The standard InChI is InChI=1S/C18H25N5O2/c1-21(2)18-19-16(20-22(18)3)13-7-5-8-14(11-13)17(24)23-10-6-9-15(23)12-25-4/h5,7-8,11,15H,6,9-10,12H2,1-4H3/t15-/m0/s1. The minimum atomic E-state index is 0.0464. The third kappa shape index (κ3) is 3.51. The SMILES string of the molecule is COC[C@@H]1CCCN1C(=O)c1cccc(-c2nc(N(C)C)n(C)n2)c1. The number of rotatable bonds is 5. The predicted molar refractivity (Wildman–Crippen MR) is 96.7 cm³/mol. The summed E-state index contributed by atoms with van der Waals surface area (Å²) >= 11 is 0. The van der Waals surface area contributed by atoms with Crippen LogP contribution in [0.5, 0.6) is 0 Å². The third-order valence-corrected chi connectivity index (χ3v) is 4.50. The first kappa shape index (κ1) is 17.4. The molecule has 0 bridgehead atoms. The minimum Gasteiger partial charge on any atom is -0.383 e. The summed E-state index contributed by atoms with van der Waals surface area (Å²) in [7, 11) is 7.39. The fourth-order valence-corrected chi connectivity index (χ4v) is 3.31. The molecule has 1 atom stereocenters. The van der Waals surface area contributed by atoms with Crippen LogP contribution in [0.3, 0.4) is 0 Å². The second-order valence-electron chi connectivity index (χ2n) is 6.58. The van der Waals surface area contributed by atoms with Crippen molar-refractivity contribution in [3.63, 3.8) is 0 Å². The lowest BCUT2D eigenvalue weighted by atomic mass is 10.1. The van der Waals surface area contributed by atoms with Crippen LogP contribution in [0.15, 0.2) is 24.3 Å². The number of aromatic nitrogens is 3. The van der Waals surface area contributed by atoms with E-state index >= 15 is 0 Å². The monoisotopic (exact) mass is 343 g/mol. The molecule has 0 saturated carbocycles. The molecule has 1 fully saturated rings. The Morgan fingerprint density at radius 3 is 2.88 bits per heavy atom. The average molecular weight is 343 g/mol. The highest BCUT2D eigenvalue weighted by Gasteiger charge is 2.29. The van der Waals surface area contributed by atoms with Gasteiger partial charge >= 0.3 is 0 Å². The summed E-state index contributed by atoms with van der Waals surface area (Å²) in [6.07, 6.45) is 2.01. The van der Waals surface area contributed by atoms with Gasteiger partial charge in [-0.1, -0.05) is 12.1 Å². The van der Waals surface area contributed by atoms with Gasteiger partial charge in [-0.2, -0.15) is 4.98 Å². The van der Waals surface area contributed by atoms with Gasteiger partial charge in [0.15, 0.2) is 5.82 Å². The van der Waals surface area contributed by atoms with Gasteiger partial charge in [-0.3, -0.25) is 4.79 Å². The lowest BCUT2D eigenvalue weighted by molar-refractivity contribution is 0.0630. The van der Waals surface area contributed by atoms with Crippen molar-refractivity contribution >= 4 is 11.9 Å². The van der Waals surface area contributed by atoms with E-state index in [1.54, 1.807) is 11.8 Å². The van der Waals surface area contributed by atoms with Gasteiger partial charge < -0.3 is 14.5 Å². The number of amides is 1. The topological polar surface area (TPSA) is 63.5 Å². The van der Waals surface area contributed by atoms with E-state index in [4.69, 9.17) is 4.74 Å². The van der Waals surface area contributed by atoms with Gasteiger partial charge in [0.2, 0.25) is 5.95 Å². The molecule has 0 spiro atoms. The van der Waals surface area contributed by atoms with Gasteiger partial charge in [0.25, 0.3) is 5.91 Å². The van der Waals surface area contributed by atoms with Crippen molar-refractivity contribution in [1.82, 2.24) is 19.7 Å². The van der Waals surface area contributed by atoms with Gasteiger partial charge in [0, 0.05) is 45.9 Å². The van der Waals surface area contributed by atoms with Crippen molar-refractivity contribution in [2.45, 2.75) is 18.9 Å². The number of ether oxygens (including phenoxy) is 1. The Balaban J connectivity index is 1.86. The molecule has 7 heteroatoms. The molecule has 1 saturated heterocycles. The largest absolute Gasteiger partial charge is 0.383 e. The van der Waals surface area contributed by atoms with Gasteiger partial charge in [-0.15, -0.1) is 5.10 Å². The Kier molecular flexibility index (Phi) is 5.03. The number of hydrogen-bond donors (Lipinski definition) is 0. The van der Waals surface area contributed by atoms with E-state index in [0.29, 0.717) is 18.0 Å². The summed E-state index contributed by atoms with van der Waals surface area (Å²) in [5.74, 6) is 1.44. The van der Waals surface area contributed by atoms with Crippen LogP contribution in [-0.4, -0.2) is 66.0 Å². The maximum Gasteiger partial charge on any atom is 0.254 e. The zero-order valence-electron chi connectivity index (χ0n) is 15.3. The predicted octanol–water partition coefficient (Wildman–Crippen LogP) is 1.80. The van der Waals surface area contributed by atoms with Gasteiger partial charge in [-0.25, -0.2) is 4.68 Å². The smallest absolute Gasteiger partial charge is 0.254 e. The van der Waals surface area contributed by atoms with Crippen molar-refractivity contribution in [1.29, 1.82) is 0 Å². The van der Waals surface area contributed by atoms with Gasteiger partial charge in [-0.05, 0) is 25.0 Å². The molecule has 1 aromatic heterocycles. The van der Waals surface area contributed by atoms with Crippen LogP contribution in [-0.2, 0) is 11.8 Å². The molecule has 0 unspecified atom stereocenters. The number of aryl methyl sites for hydroxylation is 1. The van der Waals surface area contributed by atoms with E-state index in [1.807, 2.05) is 55.2 Å². The molecule has 1 aliphatic heterocycles. The van der Waals surface area contributed by atoms with E-state index in [2.05, 4.69) is 10.1 Å². The lowest BCUT2D eigenvalue weighted by Crippen LogP contribution is -2.38. The molecular weight excluding hydrogens is 318 g/mol. The maximum absolute atomic E-state index is 12.9. The maximum atomic E-state index is 12.9. The molecule has 0 radical (unpaired) electrons. The number of anilines is 1. The molecule has 2 aromatic rings. The molecule has 1 aromatic carbocycles. The minimum absolute atomic E-state index is 0.0464. The van der Waals surface area contributed by atoms with Crippen LogP contribution >= 0.6 is 0 Å². The summed E-state index contributed by atoms with van der Waals surface area (Å²) in [4.78, 5) is 21.3. The highest BCUT2D eigenvalue weighted by Crippen LogP contribution is 2.24. The average Bonchev–Trinajstić information content (AvgIpc) is 3.21. The molecule has 2 heterocycles. The van der Waals surface area contributed by atoms with Crippen LogP contribution in [0.4, 0.5) is 5.95 Å². The fraction of sp³-hybridized carbons (Fsp3) is 0.500. The number of benzene rings is 1. The Morgan fingerprint density at radius 2 is 2.20 bits per heavy atom. The molecule has 3 rings (SSSR count). The van der Waals surface area contributed by atoms with Crippen molar-refractivity contribution in [2.75, 3.05) is 39.3 Å². The quantitative estimate of drug-likeness (QED) is 0.828. The molecule has 0 aliphatic carbocycles. The zero-order chi connectivity index (χ0) is 18.0. The van der Waals surface area contributed by atoms with Crippen molar-refractivity contribution in [2.24, 2.45) is 7.05 Å². The molecule has 1 amide bonds. The summed E-state index contributed by atoms with van der Waals surface area (Å²) < 4.78 is 6.99. The van der Waals surface area contributed by atoms with E-state index < -0.39 is 0 Å². The van der Waals surface area contributed by atoms with Crippen molar-refractivity contribution in [3.05, 3.63) is 29.8 Å². The van der Waals surface area contributed by atoms with Gasteiger partial charge in [0.1, 0.15) is 0 Å². The lowest BCUT2D eigenvalue weighted by Gasteiger charge is -2.24. The first-order valence-corrected chi connectivity index (χ1v) is 8.50. The number of methoxy groups -OCH3 is 1. The van der Waals surface area contributed by atoms with Gasteiger partial charge in [0.05, 0.1) is 12.6 Å². The normalized spacial score (nSPS) is 17.1. The third-order valence-electron chi connectivity index (χ3n) is 4.50. The Bertz CT molecular complexity index is 756. The van der Waals surface area contributed by atoms with Crippen LogP contribution in [0.25, 0.3) is 11.4 Å².